The number of benzene rings is 1. The quantitative estimate of drug-likeness (QED) is 0.799. The van der Waals surface area contributed by atoms with E-state index in [1.807, 2.05) is 6.92 Å². The lowest BCUT2D eigenvalue weighted by molar-refractivity contribution is -0.116. The number of hydrogen-bond acceptors (Lipinski definition) is 2. The Morgan fingerprint density at radius 3 is 2.69 bits per heavy atom. The number of carbonyl (C=O) groups excluding carboxylic acids is 1. The molecule has 0 aliphatic heterocycles. The maximum absolute atomic E-state index is 13.2. The van der Waals surface area contributed by atoms with Crippen LogP contribution in [0.25, 0.3) is 0 Å². The van der Waals surface area contributed by atoms with Gasteiger partial charge < -0.3 is 0 Å². The van der Waals surface area contributed by atoms with Gasteiger partial charge in [-0.25, -0.2) is 8.78 Å². The van der Waals surface area contributed by atoms with E-state index in [0.717, 1.165) is 18.2 Å². The zero-order chi connectivity index (χ0) is 12.1. The number of halogens is 2. The molecule has 88 valence electrons. The predicted octanol–water partition coefficient (Wildman–Crippen LogP) is 2.44. The molecule has 1 atom stereocenters. The number of hydrogen-bond donors (Lipinski definition) is 0. The first-order valence-electron chi connectivity index (χ1n) is 4.89. The summed E-state index contributed by atoms with van der Waals surface area (Å²) in [4.78, 5) is 11.0. The van der Waals surface area contributed by atoms with Gasteiger partial charge in [-0.2, -0.15) is 0 Å². The van der Waals surface area contributed by atoms with Gasteiger partial charge in [0.25, 0.3) is 0 Å². The van der Waals surface area contributed by atoms with Gasteiger partial charge >= 0.3 is 0 Å². The average molecular weight is 246 g/mol. The largest absolute Gasteiger partial charge is 0.299 e. The monoisotopic (exact) mass is 246 g/mol. The molecule has 16 heavy (non-hydrogen) atoms. The molecule has 0 saturated carbocycles. The highest BCUT2D eigenvalue weighted by atomic mass is 32.2. The number of carbonyl (C=O) groups is 1. The Bertz CT molecular complexity index is 418. The molecular formula is C11H12F2O2S. The maximum atomic E-state index is 13.2. The average Bonchev–Trinajstić information content (AvgIpc) is 2.21. The second kappa shape index (κ2) is 5.84. The summed E-state index contributed by atoms with van der Waals surface area (Å²) in [6, 6.07) is 2.72. The summed E-state index contributed by atoms with van der Waals surface area (Å²) in [5.74, 6) is -1.87. The summed E-state index contributed by atoms with van der Waals surface area (Å²) < 4.78 is 37.6. The van der Waals surface area contributed by atoms with Crippen molar-refractivity contribution in [2.75, 3.05) is 5.75 Å². The van der Waals surface area contributed by atoms with E-state index in [2.05, 4.69) is 0 Å². The van der Waals surface area contributed by atoms with Gasteiger partial charge in [-0.15, -0.1) is 0 Å². The standard InChI is InChI=1S/C11H12F2O2S/c1-2-3-9(14)7-16(15)11-6-8(12)4-5-10(11)13/h4-6H,2-3,7H2,1H3. The topological polar surface area (TPSA) is 34.1 Å². The molecular weight excluding hydrogens is 234 g/mol. The SMILES string of the molecule is CCCC(=O)CS(=O)c1cc(F)ccc1F. The van der Waals surface area contributed by atoms with Crippen molar-refractivity contribution in [1.29, 1.82) is 0 Å². The highest BCUT2D eigenvalue weighted by molar-refractivity contribution is 7.85. The molecule has 0 bridgehead atoms. The summed E-state index contributed by atoms with van der Waals surface area (Å²) in [6.45, 7) is 1.82. The van der Waals surface area contributed by atoms with E-state index in [4.69, 9.17) is 0 Å². The van der Waals surface area contributed by atoms with E-state index in [-0.39, 0.29) is 16.4 Å². The number of rotatable bonds is 5. The highest BCUT2D eigenvalue weighted by Gasteiger charge is 2.14. The van der Waals surface area contributed by atoms with Gasteiger partial charge in [-0.05, 0) is 24.6 Å². The van der Waals surface area contributed by atoms with Crippen molar-refractivity contribution < 1.29 is 17.8 Å². The third-order valence-corrected chi connectivity index (χ3v) is 3.35. The van der Waals surface area contributed by atoms with Crippen molar-refractivity contribution >= 4 is 16.6 Å². The Hall–Kier alpha value is -1.10. The Morgan fingerprint density at radius 1 is 1.38 bits per heavy atom. The minimum Gasteiger partial charge on any atom is -0.299 e. The molecule has 0 fully saturated rings. The first-order chi connectivity index (χ1) is 7.54. The van der Waals surface area contributed by atoms with Crippen LogP contribution in [0.1, 0.15) is 19.8 Å². The van der Waals surface area contributed by atoms with Gasteiger partial charge in [0, 0.05) is 6.42 Å². The first-order valence-corrected chi connectivity index (χ1v) is 6.21. The van der Waals surface area contributed by atoms with Crippen molar-refractivity contribution in [3.63, 3.8) is 0 Å². The van der Waals surface area contributed by atoms with Gasteiger partial charge in [-0.1, -0.05) is 6.92 Å². The second-order valence-electron chi connectivity index (χ2n) is 3.35. The Labute approximate surface area is 95.1 Å². The zero-order valence-electron chi connectivity index (χ0n) is 8.83. The van der Waals surface area contributed by atoms with Crippen molar-refractivity contribution in [1.82, 2.24) is 0 Å². The van der Waals surface area contributed by atoms with Crippen molar-refractivity contribution in [2.24, 2.45) is 0 Å². The van der Waals surface area contributed by atoms with Crippen LogP contribution in [0.3, 0.4) is 0 Å². The molecule has 1 rings (SSSR count). The Morgan fingerprint density at radius 2 is 2.06 bits per heavy atom. The third-order valence-electron chi connectivity index (χ3n) is 1.96. The van der Waals surface area contributed by atoms with Crippen LogP contribution >= 0.6 is 0 Å². The molecule has 0 aromatic heterocycles. The summed E-state index contributed by atoms with van der Waals surface area (Å²) in [6.07, 6.45) is 0.963. The van der Waals surface area contributed by atoms with Crippen molar-refractivity contribution in [2.45, 2.75) is 24.7 Å². The molecule has 0 aliphatic carbocycles. The fourth-order valence-electron chi connectivity index (χ4n) is 1.23. The van der Waals surface area contributed by atoms with E-state index in [9.17, 15) is 17.8 Å². The van der Waals surface area contributed by atoms with E-state index in [1.54, 1.807) is 0 Å². The van der Waals surface area contributed by atoms with Gasteiger partial charge in [0.05, 0.1) is 21.4 Å². The van der Waals surface area contributed by atoms with Crippen LogP contribution in [-0.4, -0.2) is 15.7 Å². The molecule has 0 heterocycles. The van der Waals surface area contributed by atoms with E-state index in [1.165, 1.54) is 0 Å². The Kier molecular flexibility index (Phi) is 4.73. The molecule has 0 spiro atoms. The molecule has 0 aliphatic rings. The molecule has 2 nitrogen and oxygen atoms in total. The van der Waals surface area contributed by atoms with Crippen LogP contribution in [0.5, 0.6) is 0 Å². The summed E-state index contributed by atoms with van der Waals surface area (Å²) in [5.41, 5.74) is 0. The lowest BCUT2D eigenvalue weighted by Gasteiger charge is -2.03. The minimum atomic E-state index is -1.80. The van der Waals surface area contributed by atoms with Gasteiger partial charge in [-0.3, -0.25) is 9.00 Å². The highest BCUT2D eigenvalue weighted by Crippen LogP contribution is 2.14. The van der Waals surface area contributed by atoms with E-state index in [0.29, 0.717) is 12.8 Å². The molecule has 0 saturated heterocycles. The van der Waals surface area contributed by atoms with Gasteiger partial charge in [0.2, 0.25) is 0 Å². The van der Waals surface area contributed by atoms with E-state index >= 15 is 0 Å². The molecule has 0 amide bonds. The lowest BCUT2D eigenvalue weighted by atomic mass is 10.3. The molecule has 5 heteroatoms. The molecule has 1 aromatic carbocycles. The normalized spacial score (nSPS) is 12.4. The van der Waals surface area contributed by atoms with E-state index < -0.39 is 22.4 Å². The van der Waals surface area contributed by atoms with Crippen molar-refractivity contribution in [3.8, 4) is 0 Å². The molecule has 0 radical (unpaired) electrons. The summed E-state index contributed by atoms with van der Waals surface area (Å²) >= 11 is 0. The van der Waals surface area contributed by atoms with Gasteiger partial charge in [0.1, 0.15) is 17.4 Å². The maximum Gasteiger partial charge on any atom is 0.145 e. The number of ketones is 1. The Balaban J connectivity index is 2.80. The number of Topliss-reactive ketones (excluding diaryl/α,β-unsaturated/α-hetero) is 1. The summed E-state index contributed by atoms with van der Waals surface area (Å²) in [7, 11) is -1.80. The summed E-state index contributed by atoms with van der Waals surface area (Å²) in [5, 5.41) is 0. The van der Waals surface area contributed by atoms with Crippen LogP contribution in [0.2, 0.25) is 0 Å². The first kappa shape index (κ1) is 13.0. The van der Waals surface area contributed by atoms with Crippen LogP contribution in [0, 0.1) is 11.6 Å². The minimum absolute atomic E-state index is 0.204. The lowest BCUT2D eigenvalue weighted by Crippen LogP contribution is -2.11. The van der Waals surface area contributed by atoms with Gasteiger partial charge in [0.15, 0.2) is 0 Å². The predicted molar refractivity (Wildman–Crippen MR) is 57.5 cm³/mol. The zero-order valence-corrected chi connectivity index (χ0v) is 9.65. The smallest absolute Gasteiger partial charge is 0.145 e. The second-order valence-corrected chi connectivity index (χ2v) is 4.77. The van der Waals surface area contributed by atoms with Crippen LogP contribution < -0.4 is 0 Å². The molecule has 0 N–H and O–H groups in total. The fourth-order valence-corrected chi connectivity index (χ4v) is 2.35. The third kappa shape index (κ3) is 3.48. The fraction of sp³-hybridized carbons (Fsp3) is 0.364. The van der Waals surface area contributed by atoms with Crippen LogP contribution in [-0.2, 0) is 15.6 Å². The molecule has 1 aromatic rings. The van der Waals surface area contributed by atoms with Crippen molar-refractivity contribution in [3.05, 3.63) is 29.8 Å². The van der Waals surface area contributed by atoms with Crippen LogP contribution in [0.4, 0.5) is 8.78 Å². The molecule has 1 unspecified atom stereocenters. The van der Waals surface area contributed by atoms with Crippen LogP contribution in [0.15, 0.2) is 23.1 Å².